The van der Waals surface area contributed by atoms with Crippen molar-refractivity contribution in [1.29, 1.82) is 0 Å². The van der Waals surface area contributed by atoms with Gasteiger partial charge in [-0.15, -0.1) is 0 Å². The zero-order valence-electron chi connectivity index (χ0n) is 26.2. The Morgan fingerprint density at radius 3 is 1.70 bits per heavy atom. The molecule has 0 fully saturated rings. The average molecular weight is 589 g/mol. The lowest BCUT2D eigenvalue weighted by atomic mass is 9.84. The van der Waals surface area contributed by atoms with E-state index in [0.717, 1.165) is 17.6 Å². The van der Waals surface area contributed by atoms with Crippen LogP contribution in [0.15, 0.2) is 183 Å². The van der Waals surface area contributed by atoms with Crippen LogP contribution in [0.3, 0.4) is 0 Å². The van der Waals surface area contributed by atoms with Crippen molar-refractivity contribution in [2.75, 3.05) is 0 Å². The van der Waals surface area contributed by atoms with E-state index >= 15 is 0 Å². The third-order valence-corrected chi connectivity index (χ3v) is 9.04. The predicted molar refractivity (Wildman–Crippen MR) is 202 cm³/mol. The second-order valence-corrected chi connectivity index (χ2v) is 11.7. The molecule has 0 saturated carbocycles. The van der Waals surface area contributed by atoms with E-state index in [1.54, 1.807) is 0 Å². The number of rotatable bonds is 8. The van der Waals surface area contributed by atoms with E-state index < -0.39 is 0 Å². The summed E-state index contributed by atoms with van der Waals surface area (Å²) >= 11 is 0. The molecule has 0 atom stereocenters. The molecule has 0 unspecified atom stereocenters. The molecule has 220 valence electrons. The molecule has 0 amide bonds. The first-order valence-electron chi connectivity index (χ1n) is 15.9. The van der Waals surface area contributed by atoms with Gasteiger partial charge in [0.1, 0.15) is 0 Å². The molecule has 0 heterocycles. The van der Waals surface area contributed by atoms with Crippen LogP contribution in [0.4, 0.5) is 0 Å². The molecule has 0 heteroatoms. The average Bonchev–Trinajstić information content (AvgIpc) is 3.12. The Bertz CT molecular complexity index is 2250. The molecular formula is C46H36. The molecule has 0 aliphatic heterocycles. The minimum atomic E-state index is 0.844. The van der Waals surface area contributed by atoms with Gasteiger partial charge in [0.25, 0.3) is 0 Å². The summed E-state index contributed by atoms with van der Waals surface area (Å²) in [5, 5.41) is 7.51. The van der Waals surface area contributed by atoms with Crippen molar-refractivity contribution in [2.24, 2.45) is 0 Å². The maximum atomic E-state index is 4.41. The van der Waals surface area contributed by atoms with Crippen molar-refractivity contribution in [3.05, 3.63) is 188 Å². The standard InChI is InChI=1S/C46H36/c1-4-33(5-2)18-13-17-32(3)35-21-14-22-36(31-35)45-41-23-9-11-25-43(41)46(44-26-12-10-24-42(44)45)40-30-16-28-38-37(27-15-29-39(38)40)34-19-7-6-8-20-34/h4-17,19-31H,1,3,18H2,2H3/b17-13-,33-5+. The van der Waals surface area contributed by atoms with Crippen molar-refractivity contribution in [1.82, 2.24) is 0 Å². The predicted octanol–water partition coefficient (Wildman–Crippen LogP) is 13.2. The van der Waals surface area contributed by atoms with Gasteiger partial charge < -0.3 is 0 Å². The lowest BCUT2D eigenvalue weighted by Crippen LogP contribution is -1.92. The fourth-order valence-corrected chi connectivity index (χ4v) is 6.75. The summed E-state index contributed by atoms with van der Waals surface area (Å²) in [5.41, 5.74) is 10.8. The van der Waals surface area contributed by atoms with E-state index in [0.29, 0.717) is 0 Å². The minimum absolute atomic E-state index is 0.844. The second kappa shape index (κ2) is 12.7. The van der Waals surface area contributed by atoms with Crippen molar-refractivity contribution in [3.63, 3.8) is 0 Å². The van der Waals surface area contributed by atoms with E-state index in [1.807, 2.05) is 13.0 Å². The molecule has 0 saturated heterocycles. The van der Waals surface area contributed by atoms with Gasteiger partial charge in [-0.2, -0.15) is 0 Å². The van der Waals surface area contributed by atoms with E-state index in [2.05, 4.69) is 171 Å². The third-order valence-electron chi connectivity index (χ3n) is 9.04. The molecule has 7 aromatic carbocycles. The Labute approximate surface area is 272 Å². The molecule has 0 aliphatic carbocycles. The van der Waals surface area contributed by atoms with Gasteiger partial charge in [-0.25, -0.2) is 0 Å². The molecule has 0 aliphatic rings. The number of hydrogen-bond donors (Lipinski definition) is 0. The molecular weight excluding hydrogens is 553 g/mol. The Morgan fingerprint density at radius 1 is 0.543 bits per heavy atom. The monoisotopic (exact) mass is 588 g/mol. The van der Waals surface area contributed by atoms with E-state index in [1.165, 1.54) is 71.3 Å². The SMILES string of the molecule is C=C/C(=C\C)C/C=C\C(=C)c1cccc(-c2c3ccccc3c(-c3cccc4c(-c5ccccc5)cccc34)c3ccccc23)c1. The Hall–Kier alpha value is -5.72. The van der Waals surface area contributed by atoms with Crippen LogP contribution < -0.4 is 0 Å². The van der Waals surface area contributed by atoms with E-state index in [-0.39, 0.29) is 0 Å². The molecule has 0 bridgehead atoms. The number of hydrogen-bond acceptors (Lipinski definition) is 0. The van der Waals surface area contributed by atoms with Crippen LogP contribution in [-0.2, 0) is 0 Å². The van der Waals surface area contributed by atoms with Gasteiger partial charge in [0.2, 0.25) is 0 Å². The number of benzene rings is 7. The smallest absolute Gasteiger partial charge is 0.00201 e. The van der Waals surface area contributed by atoms with Crippen LogP contribution in [0.2, 0.25) is 0 Å². The first-order chi connectivity index (χ1) is 22.7. The topological polar surface area (TPSA) is 0 Å². The Kier molecular flexibility index (Phi) is 8.02. The van der Waals surface area contributed by atoms with Gasteiger partial charge in [0, 0.05) is 0 Å². The largest absolute Gasteiger partial charge is 0.0988 e. The van der Waals surface area contributed by atoms with Crippen molar-refractivity contribution < 1.29 is 0 Å². The summed E-state index contributed by atoms with van der Waals surface area (Å²) in [4.78, 5) is 0. The van der Waals surface area contributed by atoms with Crippen LogP contribution in [0.1, 0.15) is 18.9 Å². The maximum absolute atomic E-state index is 4.41. The highest BCUT2D eigenvalue weighted by molar-refractivity contribution is 6.24. The lowest BCUT2D eigenvalue weighted by Gasteiger charge is -2.19. The molecule has 0 radical (unpaired) electrons. The van der Waals surface area contributed by atoms with E-state index in [4.69, 9.17) is 0 Å². The number of fused-ring (bicyclic) bond motifs is 3. The van der Waals surface area contributed by atoms with E-state index in [9.17, 15) is 0 Å². The minimum Gasteiger partial charge on any atom is -0.0988 e. The summed E-state index contributed by atoms with van der Waals surface area (Å²) in [6, 6.07) is 50.7. The summed E-state index contributed by atoms with van der Waals surface area (Å²) in [6.07, 6.45) is 9.14. The zero-order chi connectivity index (χ0) is 31.5. The van der Waals surface area contributed by atoms with Gasteiger partial charge in [-0.05, 0) is 102 Å². The van der Waals surface area contributed by atoms with Gasteiger partial charge >= 0.3 is 0 Å². The first-order valence-corrected chi connectivity index (χ1v) is 15.9. The highest BCUT2D eigenvalue weighted by Crippen LogP contribution is 2.46. The summed E-state index contributed by atoms with van der Waals surface area (Å²) < 4.78 is 0. The Balaban J connectivity index is 1.43. The van der Waals surface area contributed by atoms with Gasteiger partial charge in [0.05, 0.1) is 0 Å². The zero-order valence-corrected chi connectivity index (χ0v) is 26.2. The highest BCUT2D eigenvalue weighted by Gasteiger charge is 2.18. The molecule has 0 N–H and O–H groups in total. The maximum Gasteiger partial charge on any atom is -0.00201 e. The second-order valence-electron chi connectivity index (χ2n) is 11.7. The molecule has 7 aromatic rings. The first kappa shape index (κ1) is 29.0. The van der Waals surface area contributed by atoms with Crippen LogP contribution >= 0.6 is 0 Å². The van der Waals surface area contributed by atoms with Gasteiger partial charge in [-0.3, -0.25) is 0 Å². The van der Waals surface area contributed by atoms with Crippen molar-refractivity contribution >= 4 is 37.9 Å². The van der Waals surface area contributed by atoms with Crippen LogP contribution in [0.25, 0.3) is 71.3 Å². The highest BCUT2D eigenvalue weighted by atomic mass is 14.2. The molecule has 0 nitrogen and oxygen atoms in total. The number of allylic oxidation sites excluding steroid dienone is 6. The van der Waals surface area contributed by atoms with Crippen molar-refractivity contribution in [3.8, 4) is 33.4 Å². The van der Waals surface area contributed by atoms with Crippen LogP contribution in [0, 0.1) is 0 Å². The Morgan fingerprint density at radius 2 is 1.07 bits per heavy atom. The van der Waals surface area contributed by atoms with Gasteiger partial charge in [0.15, 0.2) is 0 Å². The third kappa shape index (κ3) is 5.29. The molecule has 0 aromatic heterocycles. The fourth-order valence-electron chi connectivity index (χ4n) is 6.75. The molecule has 7 rings (SSSR count). The van der Waals surface area contributed by atoms with Crippen molar-refractivity contribution in [2.45, 2.75) is 13.3 Å². The molecule has 0 spiro atoms. The lowest BCUT2D eigenvalue weighted by molar-refractivity contribution is 1.27. The molecule has 46 heavy (non-hydrogen) atoms. The summed E-state index contributed by atoms with van der Waals surface area (Å²) in [7, 11) is 0. The van der Waals surface area contributed by atoms with Crippen LogP contribution in [-0.4, -0.2) is 0 Å². The quantitative estimate of drug-likeness (QED) is 0.122. The van der Waals surface area contributed by atoms with Gasteiger partial charge in [-0.1, -0.05) is 171 Å². The normalized spacial score (nSPS) is 11.9. The van der Waals surface area contributed by atoms with Crippen LogP contribution in [0.5, 0.6) is 0 Å². The summed E-state index contributed by atoms with van der Waals surface area (Å²) in [5.74, 6) is 0. The fraction of sp³-hybridized carbons (Fsp3) is 0.0435. The summed E-state index contributed by atoms with van der Waals surface area (Å²) in [6.45, 7) is 10.4.